The molecule has 0 aliphatic heterocycles. The summed E-state index contributed by atoms with van der Waals surface area (Å²) in [6, 6.07) is 5.73. The first kappa shape index (κ1) is 42.2. The highest BCUT2D eigenvalue weighted by atomic mass is 16.3. The van der Waals surface area contributed by atoms with Crippen LogP contribution in [0.5, 0.6) is 17.2 Å². The Kier molecular flexibility index (Phi) is 11.7. The number of rotatable bonds is 9. The van der Waals surface area contributed by atoms with Gasteiger partial charge in [-0.3, -0.25) is 0 Å². The summed E-state index contributed by atoms with van der Waals surface area (Å²) in [6.07, 6.45) is 1.91. The van der Waals surface area contributed by atoms with Crippen molar-refractivity contribution in [2.75, 3.05) is 0 Å². The highest BCUT2D eigenvalue weighted by Gasteiger charge is 2.25. The number of hydrogen-bond acceptors (Lipinski definition) is 6. The molecule has 9 nitrogen and oxygen atoms in total. The van der Waals surface area contributed by atoms with Crippen molar-refractivity contribution >= 4 is 0 Å². The van der Waals surface area contributed by atoms with E-state index in [1.54, 1.807) is 20.8 Å². The molecule has 0 aliphatic carbocycles. The third-order valence-electron chi connectivity index (χ3n) is 10.4. The first-order valence-electron chi connectivity index (χ1n) is 19.0. The van der Waals surface area contributed by atoms with E-state index >= 15 is 0 Å². The third-order valence-corrected chi connectivity index (χ3v) is 10.4. The number of hydrogen-bond donors (Lipinski definition) is 3. The van der Waals surface area contributed by atoms with Gasteiger partial charge < -0.3 is 15.3 Å². The highest BCUT2D eigenvalue weighted by Crippen LogP contribution is 2.36. The van der Waals surface area contributed by atoms with Crippen LogP contribution in [0.3, 0.4) is 0 Å². The molecule has 0 atom stereocenters. The molecule has 0 unspecified atom stereocenters. The van der Waals surface area contributed by atoms with Crippen LogP contribution in [0.15, 0.2) is 32.6 Å². The van der Waals surface area contributed by atoms with Crippen molar-refractivity contribution in [1.29, 1.82) is 0 Å². The molecule has 0 spiro atoms. The van der Waals surface area contributed by atoms with Crippen molar-refractivity contribution in [2.24, 2.45) is 16.2 Å². The van der Waals surface area contributed by atoms with Gasteiger partial charge >= 0.3 is 17.1 Å². The summed E-state index contributed by atoms with van der Waals surface area (Å²) in [5.74, 6) is 0.379. The van der Waals surface area contributed by atoms with Crippen LogP contribution in [0, 0.1) is 57.8 Å². The Morgan fingerprint density at radius 2 is 0.630 bits per heavy atom. The van der Waals surface area contributed by atoms with Gasteiger partial charge in [0.2, 0.25) is 0 Å². The fourth-order valence-electron chi connectivity index (χ4n) is 7.70. The average molecular weight is 742 g/mol. The van der Waals surface area contributed by atoms with Crippen LogP contribution in [0.4, 0.5) is 0 Å². The number of aromatic hydroxyl groups is 3. The molecule has 1 heterocycles. The zero-order valence-corrected chi connectivity index (χ0v) is 35.4. The summed E-state index contributed by atoms with van der Waals surface area (Å²) in [5.41, 5.74) is 5.80. The minimum absolute atomic E-state index is 0.0800. The van der Waals surface area contributed by atoms with Crippen molar-refractivity contribution in [1.82, 2.24) is 13.7 Å². The summed E-state index contributed by atoms with van der Waals surface area (Å²) in [7, 11) is 0. The molecular weight excluding hydrogens is 679 g/mol. The van der Waals surface area contributed by atoms with Crippen molar-refractivity contribution in [3.8, 4) is 17.2 Å². The number of benzene rings is 3. The Hall–Kier alpha value is -4.53. The number of phenolic OH excluding ortho intramolecular Hbond substituents is 3. The van der Waals surface area contributed by atoms with E-state index in [0.29, 0.717) is 52.6 Å². The van der Waals surface area contributed by atoms with Crippen LogP contribution >= 0.6 is 0 Å². The Bertz CT molecular complexity index is 2000. The zero-order valence-electron chi connectivity index (χ0n) is 35.4. The van der Waals surface area contributed by atoms with Gasteiger partial charge in [0, 0.05) is 0 Å². The van der Waals surface area contributed by atoms with Crippen LogP contribution in [-0.4, -0.2) is 29.0 Å². The number of nitrogens with zero attached hydrogens (tertiary/aromatic N) is 3. The predicted molar refractivity (Wildman–Crippen MR) is 219 cm³/mol. The van der Waals surface area contributed by atoms with Gasteiger partial charge in [0.05, 0.1) is 19.6 Å². The van der Waals surface area contributed by atoms with E-state index < -0.39 is 17.1 Å². The summed E-state index contributed by atoms with van der Waals surface area (Å²) >= 11 is 0. The molecule has 0 radical (unpaired) electrons. The fraction of sp³-hybridized carbons (Fsp3) is 0.533. The Labute approximate surface area is 321 Å². The van der Waals surface area contributed by atoms with Crippen molar-refractivity contribution in [2.45, 2.75) is 143 Å². The van der Waals surface area contributed by atoms with Crippen LogP contribution in [0.2, 0.25) is 0 Å². The zero-order chi connectivity index (χ0) is 41.0. The lowest BCUT2D eigenvalue weighted by Crippen LogP contribution is -2.55. The van der Waals surface area contributed by atoms with Gasteiger partial charge in [-0.15, -0.1) is 0 Å². The maximum absolute atomic E-state index is 14.5. The predicted octanol–water partition coefficient (Wildman–Crippen LogP) is 8.05. The third kappa shape index (κ3) is 9.04. The van der Waals surface area contributed by atoms with E-state index in [1.165, 1.54) is 0 Å². The van der Waals surface area contributed by atoms with Crippen LogP contribution in [0.1, 0.15) is 129 Å². The second kappa shape index (κ2) is 15.0. The molecule has 1 aromatic heterocycles. The quantitative estimate of drug-likeness (QED) is 0.159. The Morgan fingerprint density at radius 3 is 0.815 bits per heavy atom. The first-order chi connectivity index (χ1) is 24.6. The molecule has 54 heavy (non-hydrogen) atoms. The van der Waals surface area contributed by atoms with Crippen molar-refractivity contribution in [3.05, 3.63) is 116 Å². The SMILES string of the molecule is Cc1cc(CC(C)(C)C)c(O)c(C)c1Cn1c(=O)n(Cc2c(C)cc(CC(C)(C)C)c(O)c2C)c(=O)n(Cc2c(C)cc(CC(C)(C)C)c(O)c2C)c1=O. The van der Waals surface area contributed by atoms with Gasteiger partial charge in [-0.25, -0.2) is 28.1 Å². The van der Waals surface area contributed by atoms with E-state index in [9.17, 15) is 29.7 Å². The summed E-state index contributed by atoms with van der Waals surface area (Å²) in [4.78, 5) is 43.4. The van der Waals surface area contributed by atoms with Gasteiger partial charge in [-0.05, 0) is 144 Å². The normalized spacial score (nSPS) is 12.5. The monoisotopic (exact) mass is 741 g/mol. The van der Waals surface area contributed by atoms with Crippen molar-refractivity contribution in [3.63, 3.8) is 0 Å². The molecule has 0 bridgehead atoms. The number of aryl methyl sites for hydroxylation is 3. The molecule has 3 aromatic carbocycles. The Morgan fingerprint density at radius 1 is 0.426 bits per heavy atom. The van der Waals surface area contributed by atoms with Gasteiger partial charge in [0.25, 0.3) is 0 Å². The van der Waals surface area contributed by atoms with Gasteiger partial charge in [0.1, 0.15) is 17.2 Å². The molecule has 0 amide bonds. The van der Waals surface area contributed by atoms with Crippen LogP contribution < -0.4 is 17.1 Å². The average Bonchev–Trinajstić information content (AvgIpc) is 3.01. The molecule has 9 heteroatoms. The summed E-state index contributed by atoms with van der Waals surface area (Å²) in [5, 5.41) is 33.9. The van der Waals surface area contributed by atoms with E-state index in [-0.39, 0.29) is 53.1 Å². The largest absolute Gasteiger partial charge is 0.507 e. The van der Waals surface area contributed by atoms with Gasteiger partial charge in [-0.1, -0.05) is 80.5 Å². The molecular formula is C45H63N3O6. The number of aromatic nitrogens is 3. The second-order valence-corrected chi connectivity index (χ2v) is 19.2. The lowest BCUT2D eigenvalue weighted by molar-refractivity contribution is 0.392. The molecule has 4 rings (SSSR count). The smallest absolute Gasteiger partial charge is 0.336 e. The summed E-state index contributed by atoms with van der Waals surface area (Å²) in [6.45, 7) is 29.4. The summed E-state index contributed by atoms with van der Waals surface area (Å²) < 4.78 is 3.20. The molecule has 0 saturated heterocycles. The molecule has 3 N–H and O–H groups in total. The topological polar surface area (TPSA) is 127 Å². The molecule has 0 fully saturated rings. The van der Waals surface area contributed by atoms with Crippen LogP contribution in [-0.2, 0) is 38.9 Å². The fourth-order valence-corrected chi connectivity index (χ4v) is 7.70. The molecule has 0 saturated carbocycles. The van der Waals surface area contributed by atoms with Crippen molar-refractivity contribution < 1.29 is 15.3 Å². The van der Waals surface area contributed by atoms with E-state index in [1.807, 2.05) is 39.0 Å². The van der Waals surface area contributed by atoms with Crippen LogP contribution in [0.25, 0.3) is 0 Å². The lowest BCUT2D eigenvalue weighted by atomic mass is 9.85. The van der Waals surface area contributed by atoms with E-state index in [0.717, 1.165) is 47.1 Å². The minimum Gasteiger partial charge on any atom is -0.507 e. The standard InChI is InChI=1S/C45H63N3O6/c1-25-16-31(19-43(7,8)9)37(49)28(4)34(25)22-46-40(52)47(23-35-26(2)17-32(20-44(10,11)12)38(50)29(35)5)42(54)48(41(46)53)24-36-27(3)18-33(21-45(13,14)15)39(51)30(36)6/h16-18,49-51H,19-24H2,1-15H3. The van der Waals surface area contributed by atoms with Gasteiger partial charge in [0.15, 0.2) is 0 Å². The maximum Gasteiger partial charge on any atom is 0.336 e. The Balaban J connectivity index is 1.99. The number of phenols is 3. The first-order valence-corrected chi connectivity index (χ1v) is 19.0. The maximum atomic E-state index is 14.5. The van der Waals surface area contributed by atoms with E-state index in [2.05, 4.69) is 62.3 Å². The minimum atomic E-state index is -0.785. The molecule has 4 aromatic rings. The second-order valence-electron chi connectivity index (χ2n) is 19.2. The van der Waals surface area contributed by atoms with Gasteiger partial charge in [-0.2, -0.15) is 0 Å². The lowest BCUT2D eigenvalue weighted by Gasteiger charge is -2.24. The highest BCUT2D eigenvalue weighted by molar-refractivity contribution is 5.51. The molecule has 294 valence electrons. The van der Waals surface area contributed by atoms with E-state index in [4.69, 9.17) is 0 Å². The molecule has 0 aliphatic rings.